The van der Waals surface area contributed by atoms with Crippen molar-refractivity contribution in [1.82, 2.24) is 9.13 Å². The number of rotatable bonds is 5. The molecule has 0 saturated carbocycles. The molecule has 0 aliphatic carbocycles. The predicted molar refractivity (Wildman–Crippen MR) is 91.9 cm³/mol. The second-order valence-corrected chi connectivity index (χ2v) is 6.18. The van der Waals surface area contributed by atoms with Gasteiger partial charge in [-0.1, -0.05) is 11.6 Å². The number of imidazole rings is 1. The minimum atomic E-state index is -1.27. The third kappa shape index (κ3) is 3.55. The van der Waals surface area contributed by atoms with E-state index < -0.39 is 29.5 Å². The summed E-state index contributed by atoms with van der Waals surface area (Å²) in [4.78, 5) is 23.4. The van der Waals surface area contributed by atoms with Gasteiger partial charge in [-0.25, -0.2) is 22.9 Å². The molecule has 0 amide bonds. The van der Waals surface area contributed by atoms with Crippen LogP contribution in [0.2, 0.25) is 5.02 Å². The quantitative estimate of drug-likeness (QED) is 0.614. The van der Waals surface area contributed by atoms with Crippen LogP contribution in [0.1, 0.15) is 5.69 Å². The standard InChI is InChI=1S/C17H15ClF2N2O5/c1-26-15(23)3-2-4-27-14-7-12(11(20)6-10(14)18)22-16(24)13-5-9(19)8-21(13)17(22)25/h2-3,6-7,9,24H,4-5,8H2,1H3. The summed E-state index contributed by atoms with van der Waals surface area (Å²) >= 11 is 5.95. The highest BCUT2D eigenvalue weighted by atomic mass is 35.5. The number of alkyl halides is 1. The molecule has 1 aromatic carbocycles. The molecule has 0 spiro atoms. The van der Waals surface area contributed by atoms with Crippen LogP contribution in [0.25, 0.3) is 5.69 Å². The van der Waals surface area contributed by atoms with Gasteiger partial charge in [0.15, 0.2) is 0 Å². The Balaban J connectivity index is 1.94. The van der Waals surface area contributed by atoms with Crippen molar-refractivity contribution in [1.29, 1.82) is 0 Å². The van der Waals surface area contributed by atoms with Gasteiger partial charge in [-0.2, -0.15) is 0 Å². The lowest BCUT2D eigenvalue weighted by Crippen LogP contribution is -2.24. The van der Waals surface area contributed by atoms with E-state index >= 15 is 0 Å². The average molecular weight is 401 g/mol. The Kier molecular flexibility index (Phi) is 5.22. The van der Waals surface area contributed by atoms with Gasteiger partial charge in [0.25, 0.3) is 0 Å². The Morgan fingerprint density at radius 1 is 1.48 bits per heavy atom. The molecule has 1 aliphatic heterocycles. The summed E-state index contributed by atoms with van der Waals surface area (Å²) in [5.41, 5.74) is -0.947. The van der Waals surface area contributed by atoms with Crippen molar-refractivity contribution in [2.75, 3.05) is 13.7 Å². The van der Waals surface area contributed by atoms with Gasteiger partial charge in [-0.3, -0.25) is 4.57 Å². The lowest BCUT2D eigenvalue weighted by atomic mass is 10.2. The third-order valence-electron chi connectivity index (χ3n) is 4.05. The average Bonchev–Trinajstić information content (AvgIpc) is 3.11. The van der Waals surface area contributed by atoms with E-state index in [9.17, 15) is 23.5 Å². The summed E-state index contributed by atoms with van der Waals surface area (Å²) in [7, 11) is 1.22. The highest BCUT2D eigenvalue weighted by molar-refractivity contribution is 6.32. The first-order valence-corrected chi connectivity index (χ1v) is 8.25. The number of carbonyl (C=O) groups excluding carboxylic acids is 1. The molecule has 2 heterocycles. The Bertz CT molecular complexity index is 983. The van der Waals surface area contributed by atoms with Crippen LogP contribution in [0, 0.1) is 5.82 Å². The Morgan fingerprint density at radius 2 is 2.22 bits per heavy atom. The molecule has 1 aromatic heterocycles. The first-order chi connectivity index (χ1) is 12.8. The summed E-state index contributed by atoms with van der Waals surface area (Å²) < 4.78 is 39.5. The zero-order valence-corrected chi connectivity index (χ0v) is 14.9. The summed E-state index contributed by atoms with van der Waals surface area (Å²) in [5, 5.41) is 10.2. The Labute approximate surface area is 157 Å². The first kappa shape index (κ1) is 19.0. The van der Waals surface area contributed by atoms with Crippen LogP contribution in [0.4, 0.5) is 8.78 Å². The predicted octanol–water partition coefficient (Wildman–Crippen LogP) is 2.14. The monoisotopic (exact) mass is 400 g/mol. The van der Waals surface area contributed by atoms with Crippen LogP contribution in [0.5, 0.6) is 11.6 Å². The Morgan fingerprint density at radius 3 is 2.89 bits per heavy atom. The number of fused-ring (bicyclic) bond motifs is 1. The number of esters is 1. The fraction of sp³-hybridized carbons (Fsp3) is 0.294. The van der Waals surface area contributed by atoms with Gasteiger partial charge in [0, 0.05) is 18.6 Å². The zero-order chi connectivity index (χ0) is 19.7. The number of carbonyl (C=O) groups is 1. The van der Waals surface area contributed by atoms with Gasteiger partial charge in [-0.05, 0) is 12.1 Å². The molecule has 0 saturated heterocycles. The van der Waals surface area contributed by atoms with Crippen molar-refractivity contribution in [2.24, 2.45) is 0 Å². The second kappa shape index (κ2) is 7.43. The number of benzene rings is 1. The SMILES string of the molecule is COC(=O)C=CCOc1cc(-n2c(O)c3n(c2=O)CC(F)C3)c(F)cc1Cl. The van der Waals surface area contributed by atoms with E-state index in [2.05, 4.69) is 4.74 Å². The molecule has 0 fully saturated rings. The van der Waals surface area contributed by atoms with Crippen molar-refractivity contribution < 1.29 is 28.2 Å². The number of hydrogen-bond donors (Lipinski definition) is 1. The molecule has 1 N–H and O–H groups in total. The van der Waals surface area contributed by atoms with E-state index in [1.165, 1.54) is 13.2 Å². The van der Waals surface area contributed by atoms with Crippen LogP contribution in [0.15, 0.2) is 29.1 Å². The molecular weight excluding hydrogens is 386 g/mol. The molecule has 2 aromatic rings. The summed E-state index contributed by atoms with van der Waals surface area (Å²) in [5.74, 6) is -1.94. The number of halogens is 3. The molecule has 3 rings (SSSR count). The van der Waals surface area contributed by atoms with E-state index in [-0.39, 0.29) is 41.7 Å². The van der Waals surface area contributed by atoms with Gasteiger partial charge < -0.3 is 14.6 Å². The fourth-order valence-electron chi connectivity index (χ4n) is 2.81. The van der Waals surface area contributed by atoms with Crippen LogP contribution in [-0.2, 0) is 22.5 Å². The second-order valence-electron chi connectivity index (χ2n) is 5.77. The summed E-state index contributed by atoms with van der Waals surface area (Å²) in [6.45, 7) is -0.276. The normalized spacial score (nSPS) is 15.9. The van der Waals surface area contributed by atoms with Crippen LogP contribution in [0.3, 0.4) is 0 Å². The topological polar surface area (TPSA) is 82.7 Å². The number of nitrogens with zero attached hydrogens (tertiary/aromatic N) is 2. The zero-order valence-electron chi connectivity index (χ0n) is 14.1. The molecule has 10 heteroatoms. The third-order valence-corrected chi connectivity index (χ3v) is 4.34. The largest absolute Gasteiger partial charge is 0.493 e. The van der Waals surface area contributed by atoms with E-state index in [0.717, 1.165) is 27.3 Å². The number of aromatic hydroxyl groups is 1. The lowest BCUT2D eigenvalue weighted by molar-refractivity contribution is -0.134. The lowest BCUT2D eigenvalue weighted by Gasteiger charge is -2.11. The fourth-order valence-corrected chi connectivity index (χ4v) is 3.01. The van der Waals surface area contributed by atoms with Crippen molar-refractivity contribution in [3.05, 3.63) is 51.3 Å². The van der Waals surface area contributed by atoms with E-state index in [1.54, 1.807) is 0 Å². The smallest absolute Gasteiger partial charge is 0.336 e. The molecule has 1 atom stereocenters. The molecule has 0 bridgehead atoms. The van der Waals surface area contributed by atoms with E-state index in [0.29, 0.717) is 0 Å². The van der Waals surface area contributed by atoms with Gasteiger partial charge in [0.05, 0.1) is 30.1 Å². The van der Waals surface area contributed by atoms with E-state index in [1.807, 2.05) is 0 Å². The number of aromatic nitrogens is 2. The maximum absolute atomic E-state index is 14.4. The summed E-state index contributed by atoms with van der Waals surface area (Å²) in [6.07, 6.45) is 1.10. The first-order valence-electron chi connectivity index (χ1n) is 7.87. The van der Waals surface area contributed by atoms with E-state index in [4.69, 9.17) is 16.3 Å². The van der Waals surface area contributed by atoms with Gasteiger partial charge in [0.1, 0.15) is 24.3 Å². The van der Waals surface area contributed by atoms with Crippen molar-refractivity contribution >= 4 is 17.6 Å². The van der Waals surface area contributed by atoms with Gasteiger partial charge in [0.2, 0.25) is 5.88 Å². The highest BCUT2D eigenvalue weighted by Gasteiger charge is 2.31. The van der Waals surface area contributed by atoms with Crippen LogP contribution in [-0.4, -0.2) is 40.1 Å². The highest BCUT2D eigenvalue weighted by Crippen LogP contribution is 2.33. The van der Waals surface area contributed by atoms with Crippen molar-refractivity contribution in [3.8, 4) is 17.3 Å². The van der Waals surface area contributed by atoms with Crippen LogP contribution >= 0.6 is 11.6 Å². The summed E-state index contributed by atoms with van der Waals surface area (Å²) in [6, 6.07) is 2.08. The molecule has 144 valence electrons. The van der Waals surface area contributed by atoms with Crippen molar-refractivity contribution in [2.45, 2.75) is 19.1 Å². The minimum Gasteiger partial charge on any atom is -0.493 e. The molecule has 27 heavy (non-hydrogen) atoms. The van der Waals surface area contributed by atoms with Gasteiger partial charge in [-0.15, -0.1) is 0 Å². The van der Waals surface area contributed by atoms with Crippen molar-refractivity contribution in [3.63, 3.8) is 0 Å². The molecule has 7 nitrogen and oxygen atoms in total. The number of hydrogen-bond acceptors (Lipinski definition) is 5. The number of methoxy groups -OCH3 is 1. The Hall–Kier alpha value is -2.81. The maximum atomic E-state index is 14.4. The molecular formula is C17H15ClF2N2O5. The van der Waals surface area contributed by atoms with Crippen LogP contribution < -0.4 is 10.4 Å². The molecule has 1 unspecified atom stereocenters. The molecule has 1 aliphatic rings. The number of ether oxygens (including phenoxy) is 2. The molecule has 0 radical (unpaired) electrons. The maximum Gasteiger partial charge on any atom is 0.336 e. The van der Waals surface area contributed by atoms with Gasteiger partial charge >= 0.3 is 11.7 Å². The minimum absolute atomic E-state index is 0.0311.